The molecule has 6 nitrogen and oxygen atoms in total. The molecule has 3 rings (SSSR count). The highest BCUT2D eigenvalue weighted by molar-refractivity contribution is 7.89. The van der Waals surface area contributed by atoms with Crippen molar-refractivity contribution in [3.05, 3.63) is 82.0 Å². The van der Waals surface area contributed by atoms with Gasteiger partial charge >= 0.3 is 0 Å². The highest BCUT2D eigenvalue weighted by Gasteiger charge is 2.25. The Morgan fingerprint density at radius 1 is 1.03 bits per heavy atom. The molecule has 1 amide bonds. The van der Waals surface area contributed by atoms with Crippen LogP contribution in [0.2, 0.25) is 0 Å². The van der Waals surface area contributed by atoms with E-state index in [0.717, 1.165) is 14.7 Å². The fraction of sp³-hybridized carbons (Fsp3) is 0.261. The average Bonchev–Trinajstić information content (AvgIpc) is 3.29. The lowest BCUT2D eigenvalue weighted by atomic mass is 10.1. The Kier molecular flexibility index (Phi) is 7.48. The minimum absolute atomic E-state index is 0.0232. The molecule has 0 bridgehead atoms. The summed E-state index contributed by atoms with van der Waals surface area (Å²) in [5.74, 6) is -0.0125. The van der Waals surface area contributed by atoms with Crippen molar-refractivity contribution in [1.29, 1.82) is 0 Å². The Labute approximate surface area is 187 Å². The maximum atomic E-state index is 13.4. The van der Waals surface area contributed by atoms with Crippen molar-refractivity contribution in [2.45, 2.75) is 17.9 Å². The molecular formula is C23H26N2O4S2. The van der Waals surface area contributed by atoms with E-state index in [1.165, 1.54) is 33.3 Å². The van der Waals surface area contributed by atoms with Crippen LogP contribution in [0.15, 0.2) is 70.9 Å². The van der Waals surface area contributed by atoms with Gasteiger partial charge in [0.1, 0.15) is 10.6 Å². The molecule has 2 aromatic carbocycles. The van der Waals surface area contributed by atoms with Crippen LogP contribution in [-0.4, -0.2) is 51.3 Å². The molecule has 31 heavy (non-hydrogen) atoms. The number of rotatable bonds is 9. The Hall–Kier alpha value is -2.68. The molecule has 164 valence electrons. The van der Waals surface area contributed by atoms with Crippen LogP contribution in [0.25, 0.3) is 0 Å². The van der Waals surface area contributed by atoms with Crippen LogP contribution in [0.5, 0.6) is 5.75 Å². The van der Waals surface area contributed by atoms with Gasteiger partial charge in [-0.25, -0.2) is 12.7 Å². The van der Waals surface area contributed by atoms with Crippen LogP contribution >= 0.6 is 11.3 Å². The lowest BCUT2D eigenvalue weighted by molar-refractivity contribution is 0.0746. The lowest BCUT2D eigenvalue weighted by Gasteiger charge is -2.23. The molecule has 0 radical (unpaired) electrons. The third-order valence-electron chi connectivity index (χ3n) is 4.90. The van der Waals surface area contributed by atoms with E-state index in [9.17, 15) is 13.2 Å². The van der Waals surface area contributed by atoms with E-state index in [2.05, 4.69) is 0 Å². The van der Waals surface area contributed by atoms with E-state index >= 15 is 0 Å². The summed E-state index contributed by atoms with van der Waals surface area (Å²) in [4.78, 5) is 16.2. The number of carbonyl (C=O) groups is 1. The summed E-state index contributed by atoms with van der Waals surface area (Å²) in [6, 6.07) is 18.5. The first-order chi connectivity index (χ1) is 14.8. The Bertz CT molecular complexity index is 1110. The second kappa shape index (κ2) is 10.1. The van der Waals surface area contributed by atoms with Crippen LogP contribution in [0.4, 0.5) is 0 Å². The number of carbonyl (C=O) groups excluding carboxylic acids is 1. The highest BCUT2D eigenvalue weighted by atomic mass is 32.2. The average molecular weight is 459 g/mol. The number of benzene rings is 2. The first-order valence-electron chi connectivity index (χ1n) is 9.79. The Morgan fingerprint density at radius 2 is 1.77 bits per heavy atom. The van der Waals surface area contributed by atoms with Gasteiger partial charge in [0.05, 0.1) is 13.7 Å². The lowest BCUT2D eigenvalue weighted by Crippen LogP contribution is -2.32. The zero-order chi connectivity index (χ0) is 22.4. The van der Waals surface area contributed by atoms with E-state index in [4.69, 9.17) is 4.74 Å². The minimum Gasteiger partial charge on any atom is -0.495 e. The van der Waals surface area contributed by atoms with Gasteiger partial charge in [-0.2, -0.15) is 0 Å². The second-order valence-corrected chi connectivity index (χ2v) is 10.3. The SMILES string of the molecule is COc1ccc(C(=O)N(CCc2ccccc2)Cc2cccs2)cc1S(=O)(=O)N(C)C. The summed E-state index contributed by atoms with van der Waals surface area (Å²) in [7, 11) is 0.545. The van der Waals surface area contributed by atoms with Crippen molar-refractivity contribution in [2.75, 3.05) is 27.7 Å². The summed E-state index contributed by atoms with van der Waals surface area (Å²) in [6.07, 6.45) is 0.705. The second-order valence-electron chi connectivity index (χ2n) is 7.19. The molecular weight excluding hydrogens is 432 g/mol. The monoisotopic (exact) mass is 458 g/mol. The van der Waals surface area contributed by atoms with E-state index in [1.54, 1.807) is 22.3 Å². The van der Waals surface area contributed by atoms with Crippen molar-refractivity contribution in [2.24, 2.45) is 0 Å². The third-order valence-corrected chi connectivity index (χ3v) is 7.59. The number of sulfonamides is 1. The van der Waals surface area contributed by atoms with Gasteiger partial charge in [-0.15, -0.1) is 11.3 Å². The smallest absolute Gasteiger partial charge is 0.254 e. The molecule has 0 spiro atoms. The molecule has 0 N–H and O–H groups in total. The zero-order valence-electron chi connectivity index (χ0n) is 17.8. The molecule has 0 aliphatic heterocycles. The largest absolute Gasteiger partial charge is 0.495 e. The minimum atomic E-state index is -3.77. The molecule has 0 aliphatic rings. The van der Waals surface area contributed by atoms with Crippen LogP contribution in [0.3, 0.4) is 0 Å². The van der Waals surface area contributed by atoms with Crippen molar-refractivity contribution in [3.63, 3.8) is 0 Å². The van der Waals surface area contributed by atoms with Crippen molar-refractivity contribution < 1.29 is 17.9 Å². The topological polar surface area (TPSA) is 66.9 Å². The molecule has 0 atom stereocenters. The molecule has 0 saturated heterocycles. The van der Waals surface area contributed by atoms with E-state index < -0.39 is 10.0 Å². The van der Waals surface area contributed by atoms with Crippen molar-refractivity contribution in [3.8, 4) is 5.75 Å². The predicted octanol–water partition coefficient (Wildman–Crippen LogP) is 3.89. The molecule has 1 aromatic heterocycles. The fourth-order valence-corrected chi connectivity index (χ4v) is 4.94. The number of hydrogen-bond acceptors (Lipinski definition) is 5. The van der Waals surface area contributed by atoms with Gasteiger partial charge in [-0.1, -0.05) is 36.4 Å². The van der Waals surface area contributed by atoms with Gasteiger partial charge in [0.2, 0.25) is 10.0 Å². The summed E-state index contributed by atoms with van der Waals surface area (Å²) in [6.45, 7) is 0.980. The maximum absolute atomic E-state index is 13.4. The van der Waals surface area contributed by atoms with Crippen molar-refractivity contribution in [1.82, 2.24) is 9.21 Å². The standard InChI is InChI=1S/C23H26N2O4S2/c1-24(2)31(27,28)22-16-19(11-12-21(22)29-3)23(26)25(17-20-10-7-15-30-20)14-13-18-8-5-4-6-9-18/h4-12,15-16H,13-14,17H2,1-3H3. The molecule has 1 heterocycles. The van der Waals surface area contributed by atoms with E-state index in [0.29, 0.717) is 25.1 Å². The molecule has 0 fully saturated rings. The maximum Gasteiger partial charge on any atom is 0.254 e. The van der Waals surface area contributed by atoms with Crippen molar-refractivity contribution >= 4 is 27.3 Å². The van der Waals surface area contributed by atoms with E-state index in [1.807, 2.05) is 47.8 Å². The molecule has 8 heteroatoms. The normalized spacial score (nSPS) is 11.5. The van der Waals surface area contributed by atoms with Gasteiger partial charge in [0.25, 0.3) is 5.91 Å². The van der Waals surface area contributed by atoms with Gasteiger partial charge in [-0.05, 0) is 41.6 Å². The number of amides is 1. The van der Waals surface area contributed by atoms with Crippen LogP contribution in [0, 0.1) is 0 Å². The number of methoxy groups -OCH3 is 1. The predicted molar refractivity (Wildman–Crippen MR) is 123 cm³/mol. The van der Waals surface area contributed by atoms with Crippen LogP contribution in [-0.2, 0) is 23.0 Å². The molecule has 3 aromatic rings. The first kappa shape index (κ1) is 23.0. The highest BCUT2D eigenvalue weighted by Crippen LogP contribution is 2.28. The quantitative estimate of drug-likeness (QED) is 0.488. The molecule has 0 saturated carbocycles. The van der Waals surface area contributed by atoms with Gasteiger partial charge in [0.15, 0.2) is 0 Å². The summed E-state index contributed by atoms with van der Waals surface area (Å²) in [5, 5.41) is 1.98. The summed E-state index contributed by atoms with van der Waals surface area (Å²) in [5.41, 5.74) is 1.45. The summed E-state index contributed by atoms with van der Waals surface area (Å²) >= 11 is 1.59. The van der Waals surface area contributed by atoms with Crippen LogP contribution in [0.1, 0.15) is 20.8 Å². The first-order valence-corrected chi connectivity index (χ1v) is 12.1. The molecule has 0 unspecified atom stereocenters. The zero-order valence-corrected chi connectivity index (χ0v) is 19.4. The summed E-state index contributed by atoms with van der Waals surface area (Å²) < 4.78 is 31.8. The van der Waals surface area contributed by atoms with E-state index in [-0.39, 0.29) is 16.6 Å². The van der Waals surface area contributed by atoms with Gasteiger partial charge in [0, 0.05) is 31.1 Å². The number of nitrogens with zero attached hydrogens (tertiary/aromatic N) is 2. The van der Waals surface area contributed by atoms with Gasteiger partial charge in [-0.3, -0.25) is 4.79 Å². The number of hydrogen-bond donors (Lipinski definition) is 0. The Morgan fingerprint density at radius 3 is 2.39 bits per heavy atom. The van der Waals surface area contributed by atoms with Crippen LogP contribution < -0.4 is 4.74 Å². The fourth-order valence-electron chi connectivity index (χ4n) is 3.14. The number of ether oxygens (including phenoxy) is 1. The Balaban J connectivity index is 1.92. The third kappa shape index (κ3) is 5.52. The molecule has 0 aliphatic carbocycles. The van der Waals surface area contributed by atoms with Gasteiger partial charge < -0.3 is 9.64 Å². The number of thiophene rings is 1.